The van der Waals surface area contributed by atoms with Crippen molar-refractivity contribution in [1.29, 1.82) is 0 Å². The molecule has 2 fully saturated rings. The smallest absolute Gasteiger partial charge is 0.253 e. The van der Waals surface area contributed by atoms with Crippen molar-refractivity contribution in [2.24, 2.45) is 0 Å². The zero-order chi connectivity index (χ0) is 26.7. The Kier molecular flexibility index (Phi) is 10.2. The van der Waals surface area contributed by atoms with E-state index in [1.54, 1.807) is 34.1 Å². The summed E-state index contributed by atoms with van der Waals surface area (Å²) in [5.74, 6) is 3.35. The molecule has 196 valence electrons. The molecule has 2 amide bonds. The third-order valence-corrected chi connectivity index (χ3v) is 11.1. The van der Waals surface area contributed by atoms with E-state index in [-0.39, 0.29) is 21.9 Å². The van der Waals surface area contributed by atoms with Crippen molar-refractivity contribution in [3.05, 3.63) is 68.6 Å². The highest BCUT2D eigenvalue weighted by atomic mass is 35.5. The zero-order valence-corrected chi connectivity index (χ0v) is 25.3. The normalized spacial score (nSPS) is 16.0. The van der Waals surface area contributed by atoms with E-state index in [1.807, 2.05) is 23.5 Å². The van der Waals surface area contributed by atoms with Crippen LogP contribution in [0.3, 0.4) is 0 Å². The molecule has 0 bridgehead atoms. The molecule has 0 unspecified atom stereocenters. The van der Waals surface area contributed by atoms with Crippen LogP contribution in [0.2, 0.25) is 20.1 Å². The lowest BCUT2D eigenvalue weighted by Crippen LogP contribution is -2.38. The second-order valence-electron chi connectivity index (χ2n) is 8.35. The van der Waals surface area contributed by atoms with Crippen LogP contribution in [-0.2, 0) is 9.59 Å². The summed E-state index contributed by atoms with van der Waals surface area (Å²) in [4.78, 5) is 30.7. The molecule has 11 heteroatoms. The number of thioether (sulfide) groups is 2. The van der Waals surface area contributed by atoms with E-state index in [0.29, 0.717) is 68.3 Å². The minimum absolute atomic E-state index is 0.137. The molecule has 2 aliphatic heterocycles. The lowest BCUT2D eigenvalue weighted by Gasteiger charge is -2.27. The molecular formula is C26H24Cl4N2O2S3. The van der Waals surface area contributed by atoms with Crippen molar-refractivity contribution in [1.82, 2.24) is 9.80 Å². The summed E-state index contributed by atoms with van der Waals surface area (Å²) in [5.41, 5.74) is 1.64. The van der Waals surface area contributed by atoms with Crippen LogP contribution in [0.25, 0.3) is 11.1 Å². The molecule has 0 N–H and O–H groups in total. The van der Waals surface area contributed by atoms with Crippen LogP contribution >= 0.6 is 81.7 Å². The number of benzene rings is 2. The Balaban J connectivity index is 1.52. The largest absolute Gasteiger partial charge is 0.337 e. The van der Waals surface area contributed by atoms with Crippen LogP contribution in [0.4, 0.5) is 0 Å². The van der Waals surface area contributed by atoms with Crippen LogP contribution in [-0.4, -0.2) is 70.8 Å². The SMILES string of the molecule is C=C(C(=O)N1CCSCC1)c1ccc(Sc2ccc(C(=C)C(=O)N3CCSCC3)c(Cl)c2Cl)c(Cl)c1Cl. The monoisotopic (exact) mass is 632 g/mol. The molecule has 0 aromatic heterocycles. The zero-order valence-electron chi connectivity index (χ0n) is 19.8. The van der Waals surface area contributed by atoms with Crippen LogP contribution in [0, 0.1) is 0 Å². The first-order chi connectivity index (χ1) is 17.7. The summed E-state index contributed by atoms with van der Waals surface area (Å²) in [6, 6.07) is 7.06. The minimum Gasteiger partial charge on any atom is -0.337 e. The van der Waals surface area contributed by atoms with Gasteiger partial charge in [0.1, 0.15) is 0 Å². The van der Waals surface area contributed by atoms with Gasteiger partial charge in [0.25, 0.3) is 11.8 Å². The van der Waals surface area contributed by atoms with Gasteiger partial charge < -0.3 is 9.80 Å². The number of rotatable bonds is 6. The van der Waals surface area contributed by atoms with Gasteiger partial charge in [-0.25, -0.2) is 0 Å². The van der Waals surface area contributed by atoms with Gasteiger partial charge in [-0.1, -0.05) is 83.5 Å². The molecule has 0 atom stereocenters. The molecule has 2 heterocycles. The second-order valence-corrected chi connectivity index (χ2v) is 13.4. The van der Waals surface area contributed by atoms with Crippen LogP contribution in [0.5, 0.6) is 0 Å². The maximum Gasteiger partial charge on any atom is 0.253 e. The Morgan fingerprint density at radius 3 is 1.35 bits per heavy atom. The lowest BCUT2D eigenvalue weighted by molar-refractivity contribution is -0.125. The molecule has 0 saturated carbocycles. The predicted molar refractivity (Wildman–Crippen MR) is 163 cm³/mol. The number of amides is 2. The summed E-state index contributed by atoms with van der Waals surface area (Å²) in [6.45, 7) is 10.7. The van der Waals surface area contributed by atoms with Crippen molar-refractivity contribution >= 4 is 105 Å². The van der Waals surface area contributed by atoms with Gasteiger partial charge in [0.05, 0.1) is 20.1 Å². The third-order valence-electron chi connectivity index (χ3n) is 6.08. The van der Waals surface area contributed by atoms with Gasteiger partial charge in [0.15, 0.2) is 0 Å². The van der Waals surface area contributed by atoms with Crippen molar-refractivity contribution in [2.45, 2.75) is 9.79 Å². The third kappa shape index (κ3) is 6.46. The molecular weight excluding hydrogens is 610 g/mol. The second kappa shape index (κ2) is 12.9. The molecule has 2 saturated heterocycles. The summed E-state index contributed by atoms with van der Waals surface area (Å²) < 4.78 is 0. The van der Waals surface area contributed by atoms with E-state index in [9.17, 15) is 9.59 Å². The van der Waals surface area contributed by atoms with Crippen LogP contribution in [0.1, 0.15) is 11.1 Å². The molecule has 4 nitrogen and oxygen atoms in total. The van der Waals surface area contributed by atoms with E-state index in [0.717, 1.165) is 23.0 Å². The highest BCUT2D eigenvalue weighted by Crippen LogP contribution is 2.45. The first-order valence-electron chi connectivity index (χ1n) is 11.5. The van der Waals surface area contributed by atoms with Gasteiger partial charge in [0.2, 0.25) is 0 Å². The molecule has 37 heavy (non-hydrogen) atoms. The maximum atomic E-state index is 12.9. The van der Waals surface area contributed by atoms with Crippen LogP contribution in [0.15, 0.2) is 47.2 Å². The highest BCUT2D eigenvalue weighted by Gasteiger charge is 2.25. The molecule has 0 aliphatic carbocycles. The van der Waals surface area contributed by atoms with Crippen molar-refractivity contribution < 1.29 is 9.59 Å². The summed E-state index contributed by atoms with van der Waals surface area (Å²) in [6.07, 6.45) is 0. The van der Waals surface area contributed by atoms with E-state index in [2.05, 4.69) is 13.2 Å². The summed E-state index contributed by atoms with van der Waals surface area (Å²) in [5, 5.41) is 1.11. The number of carbonyl (C=O) groups is 2. The van der Waals surface area contributed by atoms with E-state index in [4.69, 9.17) is 46.4 Å². The molecule has 4 rings (SSSR count). The molecule has 0 spiro atoms. The fourth-order valence-electron chi connectivity index (χ4n) is 3.95. The summed E-state index contributed by atoms with van der Waals surface area (Å²) >= 11 is 31.4. The van der Waals surface area contributed by atoms with E-state index < -0.39 is 0 Å². The Hall–Kier alpha value is -0.930. The van der Waals surface area contributed by atoms with Gasteiger partial charge in [0, 0.05) is 81.3 Å². The number of nitrogens with zero attached hydrogens (tertiary/aromatic N) is 2. The van der Waals surface area contributed by atoms with Crippen LogP contribution < -0.4 is 0 Å². The predicted octanol–water partition coefficient (Wildman–Crippen LogP) is 7.63. The first kappa shape index (κ1) is 29.1. The quantitative estimate of drug-likeness (QED) is 0.306. The average molecular weight is 635 g/mol. The number of hydrogen-bond acceptors (Lipinski definition) is 5. The van der Waals surface area contributed by atoms with Crippen molar-refractivity contribution in [2.75, 3.05) is 49.2 Å². The van der Waals surface area contributed by atoms with E-state index >= 15 is 0 Å². The van der Waals surface area contributed by atoms with Gasteiger partial charge in [-0.3, -0.25) is 9.59 Å². The van der Waals surface area contributed by atoms with Gasteiger partial charge in [-0.15, -0.1) is 0 Å². The Morgan fingerprint density at radius 2 is 1.00 bits per heavy atom. The van der Waals surface area contributed by atoms with Gasteiger partial charge >= 0.3 is 0 Å². The fraction of sp³-hybridized carbons (Fsp3) is 0.308. The molecule has 2 aromatic carbocycles. The molecule has 2 aromatic rings. The lowest BCUT2D eigenvalue weighted by atomic mass is 10.1. The minimum atomic E-state index is -0.137. The van der Waals surface area contributed by atoms with E-state index in [1.165, 1.54) is 11.8 Å². The number of halogens is 4. The van der Waals surface area contributed by atoms with Gasteiger partial charge in [-0.05, 0) is 12.1 Å². The highest BCUT2D eigenvalue weighted by molar-refractivity contribution is 7.99. The molecule has 0 radical (unpaired) electrons. The maximum absolute atomic E-state index is 12.9. The Morgan fingerprint density at radius 1 is 0.649 bits per heavy atom. The van der Waals surface area contributed by atoms with Gasteiger partial charge in [-0.2, -0.15) is 23.5 Å². The average Bonchev–Trinajstić information content (AvgIpc) is 2.93. The fourth-order valence-corrected chi connectivity index (χ4v) is 7.88. The van der Waals surface area contributed by atoms with Crippen molar-refractivity contribution in [3.8, 4) is 0 Å². The summed E-state index contributed by atoms with van der Waals surface area (Å²) in [7, 11) is 0. The number of carbonyl (C=O) groups excluding carboxylic acids is 2. The number of hydrogen-bond donors (Lipinski definition) is 0. The Bertz CT molecular complexity index is 1160. The Labute approximate surface area is 250 Å². The standard InChI is InChI=1S/C26H24Cl4N2O2S3/c1-15(25(33)31-7-11-35-12-8-31)17-3-5-19(23(29)21(17)27)37-20-6-4-18(22(28)24(20)30)16(2)26(34)32-9-13-36-14-10-32/h3-6H,1-2,7-14H2. The molecule has 2 aliphatic rings. The first-order valence-corrected chi connectivity index (χ1v) is 16.1. The van der Waals surface area contributed by atoms with Crippen molar-refractivity contribution in [3.63, 3.8) is 0 Å². The topological polar surface area (TPSA) is 40.6 Å².